The Hall–Kier alpha value is -3.90. The SMILES string of the molecule is CCc1nnc(NC(=O)/C(C#N)=C/c2ccc(OCCOc3cccc(C)c3)c(OC)c2)s1. The van der Waals surface area contributed by atoms with Crippen LogP contribution in [0.1, 0.15) is 23.1 Å². The van der Waals surface area contributed by atoms with Crippen LogP contribution in [0, 0.1) is 18.3 Å². The number of hydrogen-bond donors (Lipinski definition) is 1. The Bertz CT molecular complexity index is 1180. The van der Waals surface area contributed by atoms with E-state index in [0.29, 0.717) is 35.4 Å². The normalized spacial score (nSPS) is 10.9. The molecule has 0 aliphatic carbocycles. The van der Waals surface area contributed by atoms with Crippen molar-refractivity contribution in [1.29, 1.82) is 5.26 Å². The Morgan fingerprint density at radius 1 is 1.15 bits per heavy atom. The first-order chi connectivity index (χ1) is 16.0. The molecule has 0 spiro atoms. The van der Waals surface area contributed by atoms with Gasteiger partial charge in [-0.2, -0.15) is 5.26 Å². The summed E-state index contributed by atoms with van der Waals surface area (Å²) in [7, 11) is 1.53. The number of methoxy groups -OCH3 is 1. The van der Waals surface area contributed by atoms with Crippen molar-refractivity contribution in [2.75, 3.05) is 25.6 Å². The van der Waals surface area contributed by atoms with Gasteiger partial charge >= 0.3 is 0 Å². The van der Waals surface area contributed by atoms with Crippen LogP contribution in [0.5, 0.6) is 17.2 Å². The fourth-order valence-corrected chi connectivity index (χ4v) is 3.51. The van der Waals surface area contributed by atoms with Crippen LogP contribution in [0.15, 0.2) is 48.0 Å². The van der Waals surface area contributed by atoms with Crippen LogP contribution in [0.4, 0.5) is 5.13 Å². The molecule has 0 fully saturated rings. The lowest BCUT2D eigenvalue weighted by Gasteiger charge is -2.12. The van der Waals surface area contributed by atoms with Gasteiger partial charge in [-0.05, 0) is 54.8 Å². The molecule has 0 aliphatic heterocycles. The number of carbonyl (C=O) groups excluding carboxylic acids is 1. The number of anilines is 1. The largest absolute Gasteiger partial charge is 0.493 e. The molecular weight excluding hydrogens is 440 g/mol. The summed E-state index contributed by atoms with van der Waals surface area (Å²) in [6.45, 7) is 4.65. The van der Waals surface area contributed by atoms with Gasteiger partial charge in [0.15, 0.2) is 11.5 Å². The number of nitrogens with one attached hydrogen (secondary N) is 1. The summed E-state index contributed by atoms with van der Waals surface area (Å²) < 4.78 is 16.9. The van der Waals surface area contributed by atoms with Gasteiger partial charge in [-0.25, -0.2) is 0 Å². The van der Waals surface area contributed by atoms with E-state index < -0.39 is 5.91 Å². The van der Waals surface area contributed by atoms with Crippen molar-refractivity contribution in [2.24, 2.45) is 0 Å². The highest BCUT2D eigenvalue weighted by atomic mass is 32.1. The molecule has 1 aromatic heterocycles. The molecule has 1 N–H and O–H groups in total. The first kappa shape index (κ1) is 23.8. The fraction of sp³-hybridized carbons (Fsp3) is 0.250. The Morgan fingerprint density at radius 2 is 1.97 bits per heavy atom. The van der Waals surface area contributed by atoms with Crippen molar-refractivity contribution in [3.8, 4) is 23.3 Å². The number of nitriles is 1. The average molecular weight is 465 g/mol. The molecule has 0 bridgehead atoms. The summed E-state index contributed by atoms with van der Waals surface area (Å²) in [5, 5.41) is 21.1. The maximum absolute atomic E-state index is 12.4. The molecule has 3 aromatic rings. The van der Waals surface area contributed by atoms with Crippen molar-refractivity contribution in [3.05, 3.63) is 64.2 Å². The minimum atomic E-state index is -0.552. The van der Waals surface area contributed by atoms with Gasteiger partial charge in [0.1, 0.15) is 35.6 Å². The first-order valence-electron chi connectivity index (χ1n) is 10.3. The van der Waals surface area contributed by atoms with Crippen molar-refractivity contribution in [3.63, 3.8) is 0 Å². The molecule has 8 nitrogen and oxygen atoms in total. The van der Waals surface area contributed by atoms with Crippen LogP contribution in [0.25, 0.3) is 6.08 Å². The van der Waals surface area contributed by atoms with E-state index in [-0.39, 0.29) is 5.57 Å². The minimum Gasteiger partial charge on any atom is -0.493 e. The smallest absolute Gasteiger partial charge is 0.268 e. The van der Waals surface area contributed by atoms with E-state index >= 15 is 0 Å². The van der Waals surface area contributed by atoms with Gasteiger partial charge in [-0.15, -0.1) is 10.2 Å². The molecule has 3 rings (SSSR count). The summed E-state index contributed by atoms with van der Waals surface area (Å²) in [5.41, 5.74) is 1.68. The summed E-state index contributed by atoms with van der Waals surface area (Å²) >= 11 is 1.27. The van der Waals surface area contributed by atoms with Gasteiger partial charge in [0.05, 0.1) is 7.11 Å². The van der Waals surface area contributed by atoms with Crippen LogP contribution < -0.4 is 19.5 Å². The van der Waals surface area contributed by atoms with Crippen molar-refractivity contribution >= 4 is 28.5 Å². The molecule has 9 heteroatoms. The third kappa shape index (κ3) is 6.79. The zero-order valence-corrected chi connectivity index (χ0v) is 19.4. The number of rotatable bonds is 10. The Balaban J connectivity index is 1.62. The monoisotopic (exact) mass is 464 g/mol. The number of aromatic nitrogens is 2. The molecule has 2 aromatic carbocycles. The number of ether oxygens (including phenoxy) is 3. The minimum absolute atomic E-state index is 0.0643. The standard InChI is InChI=1S/C24H24N4O4S/c1-4-22-27-28-24(33-22)26-23(29)18(15-25)13-17-8-9-20(21(14-17)30-3)32-11-10-31-19-7-5-6-16(2)12-19/h5-9,12-14H,4,10-11H2,1-3H3,(H,26,28,29)/b18-13+. The second-order valence-electron chi connectivity index (χ2n) is 6.90. The maximum Gasteiger partial charge on any atom is 0.268 e. The Morgan fingerprint density at radius 3 is 2.67 bits per heavy atom. The first-order valence-corrected chi connectivity index (χ1v) is 11.1. The van der Waals surface area contributed by atoms with Crippen molar-refractivity contribution in [2.45, 2.75) is 20.3 Å². The molecule has 0 radical (unpaired) electrons. The van der Waals surface area contributed by atoms with E-state index in [1.165, 1.54) is 24.5 Å². The van der Waals surface area contributed by atoms with E-state index in [2.05, 4.69) is 15.5 Å². The molecule has 0 atom stereocenters. The predicted molar refractivity (Wildman–Crippen MR) is 127 cm³/mol. The molecule has 1 heterocycles. The van der Waals surface area contributed by atoms with Gasteiger partial charge in [-0.3, -0.25) is 10.1 Å². The van der Waals surface area contributed by atoms with Gasteiger partial charge in [0.25, 0.3) is 5.91 Å². The lowest BCUT2D eigenvalue weighted by Crippen LogP contribution is -2.13. The molecule has 33 heavy (non-hydrogen) atoms. The molecule has 170 valence electrons. The zero-order chi connectivity index (χ0) is 23.6. The Labute approximate surface area is 196 Å². The maximum atomic E-state index is 12.4. The van der Waals surface area contributed by atoms with E-state index in [1.54, 1.807) is 18.2 Å². The molecule has 0 unspecified atom stereocenters. The molecule has 0 saturated heterocycles. The predicted octanol–water partition coefficient (Wildman–Crippen LogP) is 4.42. The Kier molecular flexibility index (Phi) is 8.38. The average Bonchev–Trinajstić information content (AvgIpc) is 3.28. The number of hydrogen-bond acceptors (Lipinski definition) is 8. The van der Waals surface area contributed by atoms with Crippen LogP contribution in [-0.2, 0) is 11.2 Å². The lowest BCUT2D eigenvalue weighted by atomic mass is 10.1. The molecular formula is C24H24N4O4S. The summed E-state index contributed by atoms with van der Waals surface area (Å²) in [4.78, 5) is 12.4. The van der Waals surface area contributed by atoms with E-state index in [4.69, 9.17) is 14.2 Å². The zero-order valence-electron chi connectivity index (χ0n) is 18.6. The third-order valence-electron chi connectivity index (χ3n) is 4.45. The highest BCUT2D eigenvalue weighted by Gasteiger charge is 2.13. The highest BCUT2D eigenvalue weighted by Crippen LogP contribution is 2.29. The van der Waals surface area contributed by atoms with E-state index in [9.17, 15) is 10.1 Å². The van der Waals surface area contributed by atoms with Gasteiger partial charge < -0.3 is 14.2 Å². The van der Waals surface area contributed by atoms with E-state index in [0.717, 1.165) is 22.7 Å². The topological polar surface area (TPSA) is 106 Å². The van der Waals surface area contributed by atoms with Gasteiger partial charge in [-0.1, -0.05) is 36.5 Å². The van der Waals surface area contributed by atoms with Crippen LogP contribution in [0.3, 0.4) is 0 Å². The summed E-state index contributed by atoms with van der Waals surface area (Å²) in [6, 6.07) is 14.9. The second kappa shape index (κ2) is 11.6. The van der Waals surface area contributed by atoms with E-state index in [1.807, 2.05) is 44.2 Å². The quantitative estimate of drug-likeness (QED) is 0.269. The number of amides is 1. The number of nitrogens with zero attached hydrogens (tertiary/aromatic N) is 3. The second-order valence-corrected chi connectivity index (χ2v) is 7.96. The molecule has 1 amide bonds. The van der Waals surface area contributed by atoms with Crippen LogP contribution in [0.2, 0.25) is 0 Å². The van der Waals surface area contributed by atoms with Crippen molar-refractivity contribution in [1.82, 2.24) is 10.2 Å². The number of benzene rings is 2. The van der Waals surface area contributed by atoms with Crippen LogP contribution in [-0.4, -0.2) is 36.4 Å². The lowest BCUT2D eigenvalue weighted by molar-refractivity contribution is -0.112. The van der Waals surface area contributed by atoms with Gasteiger partial charge in [0.2, 0.25) is 5.13 Å². The number of aryl methyl sites for hydroxylation is 2. The summed E-state index contributed by atoms with van der Waals surface area (Å²) in [5.74, 6) is 1.25. The number of carbonyl (C=O) groups is 1. The highest BCUT2D eigenvalue weighted by molar-refractivity contribution is 7.15. The third-order valence-corrected chi connectivity index (χ3v) is 5.44. The fourth-order valence-electron chi connectivity index (χ4n) is 2.84. The summed E-state index contributed by atoms with van der Waals surface area (Å²) in [6.07, 6.45) is 2.20. The molecule has 0 saturated carbocycles. The van der Waals surface area contributed by atoms with Crippen LogP contribution >= 0.6 is 11.3 Å². The molecule has 0 aliphatic rings. The van der Waals surface area contributed by atoms with Crippen molar-refractivity contribution < 1.29 is 19.0 Å². The van der Waals surface area contributed by atoms with Gasteiger partial charge in [0, 0.05) is 0 Å².